The van der Waals surface area contributed by atoms with E-state index in [9.17, 15) is 18.3 Å². The van der Waals surface area contributed by atoms with Crippen molar-refractivity contribution in [1.82, 2.24) is 9.62 Å². The van der Waals surface area contributed by atoms with E-state index in [1.54, 1.807) is 24.0 Å². The van der Waals surface area contributed by atoms with Crippen LogP contribution in [0.4, 0.5) is 0 Å². The molecule has 2 rings (SSSR count). The number of hydrogen-bond donors (Lipinski definition) is 2. The van der Waals surface area contributed by atoms with Crippen molar-refractivity contribution in [3.8, 4) is 0 Å². The van der Waals surface area contributed by atoms with Crippen molar-refractivity contribution >= 4 is 15.9 Å². The van der Waals surface area contributed by atoms with E-state index in [0.29, 0.717) is 25.1 Å². The van der Waals surface area contributed by atoms with Crippen LogP contribution in [0.1, 0.15) is 30.9 Å². The summed E-state index contributed by atoms with van der Waals surface area (Å²) in [6.45, 7) is 6.61. The van der Waals surface area contributed by atoms with Crippen molar-refractivity contribution in [2.75, 3.05) is 19.6 Å². The highest BCUT2D eigenvalue weighted by Gasteiger charge is 2.27. The van der Waals surface area contributed by atoms with Crippen molar-refractivity contribution in [3.05, 3.63) is 29.3 Å². The number of sulfonamides is 1. The van der Waals surface area contributed by atoms with E-state index in [-0.39, 0.29) is 35.8 Å². The van der Waals surface area contributed by atoms with Gasteiger partial charge in [-0.1, -0.05) is 19.1 Å². The number of rotatable bonds is 5. The number of carbonyl (C=O) groups is 1. The molecule has 1 aromatic carbocycles. The molecule has 7 heteroatoms. The molecule has 6 nitrogen and oxygen atoms in total. The minimum atomic E-state index is -3.62. The van der Waals surface area contributed by atoms with Crippen LogP contribution in [-0.2, 0) is 14.8 Å². The van der Waals surface area contributed by atoms with Gasteiger partial charge in [0.15, 0.2) is 0 Å². The summed E-state index contributed by atoms with van der Waals surface area (Å²) in [7, 11) is -3.62. The molecule has 0 spiro atoms. The molecule has 2 atom stereocenters. The van der Waals surface area contributed by atoms with E-state index in [1.165, 1.54) is 0 Å². The van der Waals surface area contributed by atoms with E-state index in [2.05, 4.69) is 4.72 Å². The van der Waals surface area contributed by atoms with Gasteiger partial charge in [-0.05, 0) is 43.4 Å². The van der Waals surface area contributed by atoms with Crippen molar-refractivity contribution in [2.45, 2.75) is 44.6 Å². The molecule has 0 aromatic heterocycles. The van der Waals surface area contributed by atoms with Crippen molar-refractivity contribution in [2.24, 2.45) is 5.92 Å². The van der Waals surface area contributed by atoms with Crippen LogP contribution in [-0.4, -0.2) is 50.1 Å². The highest BCUT2D eigenvalue weighted by atomic mass is 32.2. The van der Waals surface area contributed by atoms with Crippen LogP contribution >= 0.6 is 0 Å². The number of aliphatic hydroxyl groups is 1. The maximum atomic E-state index is 12.4. The Hall–Kier alpha value is -1.44. The maximum Gasteiger partial charge on any atom is 0.240 e. The number of aliphatic hydroxyl groups excluding tert-OH is 1. The molecule has 24 heavy (non-hydrogen) atoms. The molecule has 0 saturated carbocycles. The molecular weight excluding hydrogens is 328 g/mol. The number of benzene rings is 1. The van der Waals surface area contributed by atoms with E-state index in [4.69, 9.17) is 0 Å². The summed E-state index contributed by atoms with van der Waals surface area (Å²) in [4.78, 5) is 14.2. The fourth-order valence-corrected chi connectivity index (χ4v) is 4.24. The molecule has 1 aliphatic rings. The number of nitrogens with zero attached hydrogens (tertiary/aromatic N) is 1. The van der Waals surface area contributed by atoms with Gasteiger partial charge >= 0.3 is 0 Å². The molecule has 1 aliphatic heterocycles. The lowest BCUT2D eigenvalue weighted by Crippen LogP contribution is -2.45. The number of amides is 1. The minimum absolute atomic E-state index is 0.0503. The lowest BCUT2D eigenvalue weighted by atomic mass is 9.96. The fraction of sp³-hybridized carbons (Fsp3) is 0.588. The van der Waals surface area contributed by atoms with Gasteiger partial charge in [-0.2, -0.15) is 0 Å². The van der Waals surface area contributed by atoms with Crippen molar-refractivity contribution < 1.29 is 18.3 Å². The van der Waals surface area contributed by atoms with Gasteiger partial charge in [0.2, 0.25) is 15.9 Å². The van der Waals surface area contributed by atoms with Crippen molar-refractivity contribution in [1.29, 1.82) is 0 Å². The Morgan fingerprint density at radius 1 is 1.38 bits per heavy atom. The number of carbonyl (C=O) groups excluding carboxylic acids is 1. The van der Waals surface area contributed by atoms with Gasteiger partial charge < -0.3 is 10.0 Å². The SMILES string of the molecule is Cc1ccc(C)c(S(=O)(=O)NCCC(=O)N2CC[C@H](O)[C@@H](C)C2)c1. The standard InChI is InChI=1S/C17H26N2O4S/c1-12-4-5-13(2)16(10-12)24(22,23)18-8-6-17(21)19-9-7-15(20)14(3)11-19/h4-5,10,14-15,18,20H,6-9,11H2,1-3H3/t14-,15-/m0/s1. The van der Waals surface area contributed by atoms with E-state index >= 15 is 0 Å². The molecule has 1 fully saturated rings. The van der Waals surface area contributed by atoms with Crippen molar-refractivity contribution in [3.63, 3.8) is 0 Å². The topological polar surface area (TPSA) is 86.7 Å². The quantitative estimate of drug-likeness (QED) is 0.832. The average Bonchev–Trinajstić information content (AvgIpc) is 2.52. The summed E-state index contributed by atoms with van der Waals surface area (Å²) in [5.74, 6) is -0.0354. The zero-order chi connectivity index (χ0) is 17.9. The van der Waals surface area contributed by atoms with Gasteiger partial charge in [0.05, 0.1) is 11.0 Å². The van der Waals surface area contributed by atoms with Crippen LogP contribution in [0.2, 0.25) is 0 Å². The summed E-state index contributed by atoms with van der Waals surface area (Å²) >= 11 is 0. The zero-order valence-electron chi connectivity index (χ0n) is 14.4. The maximum absolute atomic E-state index is 12.4. The highest BCUT2D eigenvalue weighted by Crippen LogP contribution is 2.18. The number of piperidine rings is 1. The van der Waals surface area contributed by atoms with E-state index < -0.39 is 10.0 Å². The Morgan fingerprint density at radius 3 is 2.75 bits per heavy atom. The van der Waals surface area contributed by atoms with Crippen LogP contribution in [0.3, 0.4) is 0 Å². The number of hydrogen-bond acceptors (Lipinski definition) is 4. The molecule has 0 aliphatic carbocycles. The van der Waals surface area contributed by atoms with Gasteiger partial charge in [-0.15, -0.1) is 0 Å². The number of likely N-dealkylation sites (tertiary alicyclic amines) is 1. The summed E-state index contributed by atoms with van der Waals surface area (Å²) in [5.41, 5.74) is 1.55. The van der Waals surface area contributed by atoms with Gasteiger partial charge in [-0.3, -0.25) is 4.79 Å². The van der Waals surface area contributed by atoms with Gasteiger partial charge in [0, 0.05) is 26.1 Å². The summed E-state index contributed by atoms with van der Waals surface area (Å²) in [6, 6.07) is 5.27. The van der Waals surface area contributed by atoms with E-state index in [1.807, 2.05) is 19.9 Å². The largest absolute Gasteiger partial charge is 0.393 e. The minimum Gasteiger partial charge on any atom is -0.393 e. The summed E-state index contributed by atoms with van der Waals surface area (Å²) in [5, 5.41) is 9.70. The Bertz CT molecular complexity index is 703. The van der Waals surface area contributed by atoms with Crippen LogP contribution in [0.25, 0.3) is 0 Å². The second kappa shape index (κ2) is 7.63. The normalized spacial score (nSPS) is 21.8. The first kappa shape index (κ1) is 18.9. The van der Waals surface area contributed by atoms with E-state index in [0.717, 1.165) is 5.56 Å². The first-order valence-electron chi connectivity index (χ1n) is 8.23. The predicted octanol–water partition coefficient (Wildman–Crippen LogP) is 1.20. The first-order chi connectivity index (χ1) is 11.2. The molecule has 1 amide bonds. The monoisotopic (exact) mass is 354 g/mol. The second-order valence-electron chi connectivity index (χ2n) is 6.59. The summed E-state index contributed by atoms with van der Waals surface area (Å²) < 4.78 is 27.3. The smallest absolute Gasteiger partial charge is 0.240 e. The molecule has 0 unspecified atom stereocenters. The average molecular weight is 354 g/mol. The molecule has 1 saturated heterocycles. The zero-order valence-corrected chi connectivity index (χ0v) is 15.3. The Morgan fingerprint density at radius 2 is 2.08 bits per heavy atom. The third-order valence-electron chi connectivity index (χ3n) is 4.48. The second-order valence-corrected chi connectivity index (χ2v) is 8.33. The molecule has 0 bridgehead atoms. The molecule has 1 heterocycles. The van der Waals surface area contributed by atoms with Gasteiger partial charge in [0.1, 0.15) is 0 Å². The van der Waals surface area contributed by atoms with Crippen LogP contribution in [0.15, 0.2) is 23.1 Å². The van der Waals surface area contributed by atoms with Gasteiger partial charge in [0.25, 0.3) is 0 Å². The molecule has 0 radical (unpaired) electrons. The third kappa shape index (κ3) is 4.55. The molecule has 1 aromatic rings. The lowest BCUT2D eigenvalue weighted by molar-refractivity contribution is -0.134. The lowest BCUT2D eigenvalue weighted by Gasteiger charge is -2.34. The first-order valence-corrected chi connectivity index (χ1v) is 9.72. The van der Waals surface area contributed by atoms with Crippen LogP contribution in [0, 0.1) is 19.8 Å². The number of nitrogens with one attached hydrogen (secondary N) is 1. The van der Waals surface area contributed by atoms with Gasteiger partial charge in [-0.25, -0.2) is 13.1 Å². The molecular formula is C17H26N2O4S. The van der Waals surface area contributed by atoms with Crippen LogP contribution in [0.5, 0.6) is 0 Å². The predicted molar refractivity (Wildman–Crippen MR) is 92.1 cm³/mol. The highest BCUT2D eigenvalue weighted by molar-refractivity contribution is 7.89. The summed E-state index contributed by atoms with van der Waals surface area (Å²) in [6.07, 6.45) is 0.324. The van der Waals surface area contributed by atoms with Crippen LogP contribution < -0.4 is 4.72 Å². The Balaban J connectivity index is 1.91. The molecule has 2 N–H and O–H groups in total. The third-order valence-corrected chi connectivity index (χ3v) is 6.08. The Labute approximate surface area is 143 Å². The fourth-order valence-electron chi connectivity index (χ4n) is 2.88. The number of aryl methyl sites for hydroxylation is 2. The Kier molecular flexibility index (Phi) is 6.01. The molecule has 134 valence electrons.